The fourth-order valence-corrected chi connectivity index (χ4v) is 2.35. The second-order valence-corrected chi connectivity index (χ2v) is 4.71. The highest BCUT2D eigenvalue weighted by Crippen LogP contribution is 2.33. The van der Waals surface area contributed by atoms with E-state index in [1.54, 1.807) is 18.2 Å². The first-order chi connectivity index (χ1) is 8.99. The van der Waals surface area contributed by atoms with Crippen molar-refractivity contribution < 1.29 is 24.6 Å². The summed E-state index contributed by atoms with van der Waals surface area (Å²) in [4.78, 5) is 34.6. The summed E-state index contributed by atoms with van der Waals surface area (Å²) < 4.78 is 0. The molecule has 2 N–H and O–H groups in total. The van der Waals surface area contributed by atoms with Gasteiger partial charge in [-0.15, -0.1) is 0 Å². The number of nitrogens with zero attached hydrogens (tertiary/aromatic N) is 1. The number of amides is 2. The molecule has 1 aliphatic rings. The summed E-state index contributed by atoms with van der Waals surface area (Å²) in [5.41, 5.74) is 0.392. The molecule has 0 spiro atoms. The lowest BCUT2D eigenvalue weighted by Gasteiger charge is -2.07. The summed E-state index contributed by atoms with van der Waals surface area (Å²) in [5, 5.41) is 17.6. The van der Waals surface area contributed by atoms with Gasteiger partial charge in [0.25, 0.3) is 11.1 Å². The molecule has 2 amide bonds. The molecule has 1 aliphatic heterocycles. The van der Waals surface area contributed by atoms with Crippen LogP contribution in [0.5, 0.6) is 5.75 Å². The molecule has 1 aromatic rings. The van der Waals surface area contributed by atoms with E-state index >= 15 is 0 Å². The van der Waals surface area contributed by atoms with Gasteiger partial charge in [-0.1, -0.05) is 18.2 Å². The van der Waals surface area contributed by atoms with E-state index in [1.807, 2.05) is 0 Å². The first-order valence-electron chi connectivity index (χ1n) is 5.24. The lowest BCUT2D eigenvalue weighted by molar-refractivity contribution is -0.140. The number of carbonyl (C=O) groups is 3. The van der Waals surface area contributed by atoms with Gasteiger partial charge in [-0.3, -0.25) is 19.3 Å². The van der Waals surface area contributed by atoms with Crippen LogP contribution < -0.4 is 0 Å². The summed E-state index contributed by atoms with van der Waals surface area (Å²) in [6, 6.07) is 6.34. The lowest BCUT2D eigenvalue weighted by Crippen LogP contribution is -2.33. The standard InChI is InChI=1S/C12H9NO5S/c14-8-4-2-1-3-7(8)5-9-11(17)13(6-10(15)16)12(18)19-9/h1-5,14H,6H2,(H,15,16)/b9-5+. The van der Waals surface area contributed by atoms with E-state index in [4.69, 9.17) is 5.11 Å². The van der Waals surface area contributed by atoms with Crippen LogP contribution in [0.1, 0.15) is 5.56 Å². The third-order valence-corrected chi connectivity index (χ3v) is 3.30. The van der Waals surface area contributed by atoms with Gasteiger partial charge in [-0.05, 0) is 23.9 Å². The highest BCUT2D eigenvalue weighted by molar-refractivity contribution is 8.18. The normalized spacial score (nSPS) is 17.3. The molecule has 0 atom stereocenters. The van der Waals surface area contributed by atoms with Crippen LogP contribution in [0.4, 0.5) is 4.79 Å². The molecule has 19 heavy (non-hydrogen) atoms. The highest BCUT2D eigenvalue weighted by Gasteiger charge is 2.36. The van der Waals surface area contributed by atoms with E-state index in [9.17, 15) is 19.5 Å². The molecule has 1 fully saturated rings. The van der Waals surface area contributed by atoms with E-state index in [1.165, 1.54) is 12.1 Å². The summed E-state index contributed by atoms with van der Waals surface area (Å²) in [7, 11) is 0. The number of aromatic hydroxyl groups is 1. The van der Waals surface area contributed by atoms with Crippen molar-refractivity contribution in [2.45, 2.75) is 0 Å². The summed E-state index contributed by atoms with van der Waals surface area (Å²) in [6.45, 7) is -0.664. The van der Waals surface area contributed by atoms with Gasteiger partial charge in [0.1, 0.15) is 12.3 Å². The Bertz CT molecular complexity index is 596. The number of para-hydroxylation sites is 1. The molecule has 1 aromatic carbocycles. The molecule has 2 rings (SSSR count). The van der Waals surface area contributed by atoms with Crippen molar-refractivity contribution in [2.24, 2.45) is 0 Å². The minimum atomic E-state index is -1.26. The number of hydrogen-bond acceptors (Lipinski definition) is 5. The number of carbonyl (C=O) groups excluding carboxylic acids is 2. The Morgan fingerprint density at radius 1 is 1.32 bits per heavy atom. The topological polar surface area (TPSA) is 94.9 Å². The number of hydrogen-bond donors (Lipinski definition) is 2. The van der Waals surface area contributed by atoms with Crippen molar-refractivity contribution in [1.29, 1.82) is 0 Å². The Labute approximate surface area is 112 Å². The van der Waals surface area contributed by atoms with Crippen LogP contribution in [0.2, 0.25) is 0 Å². The van der Waals surface area contributed by atoms with Gasteiger partial charge in [0.2, 0.25) is 0 Å². The molecule has 0 saturated carbocycles. The summed E-state index contributed by atoms with van der Waals surface area (Å²) in [5.74, 6) is -1.95. The maximum atomic E-state index is 11.8. The number of imide groups is 1. The fourth-order valence-electron chi connectivity index (χ4n) is 1.52. The maximum absolute atomic E-state index is 11.8. The van der Waals surface area contributed by atoms with Gasteiger partial charge < -0.3 is 10.2 Å². The van der Waals surface area contributed by atoms with Gasteiger partial charge in [0.15, 0.2) is 0 Å². The molecule has 1 heterocycles. The zero-order valence-electron chi connectivity index (χ0n) is 9.57. The minimum Gasteiger partial charge on any atom is -0.507 e. The molecule has 0 aromatic heterocycles. The molecule has 6 nitrogen and oxygen atoms in total. The number of phenols is 1. The zero-order chi connectivity index (χ0) is 14.0. The SMILES string of the molecule is O=C(O)CN1C(=O)S/C(=C/c2ccccc2O)C1=O. The number of aliphatic carboxylic acids is 1. The number of carboxylic acids is 1. The molecule has 98 valence electrons. The zero-order valence-corrected chi connectivity index (χ0v) is 10.4. The summed E-state index contributed by atoms with van der Waals surface area (Å²) in [6.07, 6.45) is 1.36. The largest absolute Gasteiger partial charge is 0.507 e. The first kappa shape index (κ1) is 13.2. The minimum absolute atomic E-state index is 0.0208. The van der Waals surface area contributed by atoms with Gasteiger partial charge in [0, 0.05) is 5.56 Å². The number of carboxylic acid groups (broad SMARTS) is 1. The number of phenolic OH excluding ortho intramolecular Hbond substituents is 1. The Balaban J connectivity index is 2.28. The predicted molar refractivity (Wildman–Crippen MR) is 68.4 cm³/mol. The van der Waals surface area contributed by atoms with Crippen molar-refractivity contribution in [3.05, 3.63) is 34.7 Å². The van der Waals surface area contributed by atoms with E-state index in [2.05, 4.69) is 0 Å². The molecule has 0 radical (unpaired) electrons. The fraction of sp³-hybridized carbons (Fsp3) is 0.0833. The third-order valence-electron chi connectivity index (χ3n) is 2.39. The van der Waals surface area contributed by atoms with E-state index in [0.29, 0.717) is 22.2 Å². The molecule has 7 heteroatoms. The quantitative estimate of drug-likeness (QED) is 0.814. The van der Waals surface area contributed by atoms with Gasteiger partial charge in [-0.25, -0.2) is 0 Å². The van der Waals surface area contributed by atoms with Crippen molar-refractivity contribution in [1.82, 2.24) is 4.90 Å². The first-order valence-corrected chi connectivity index (χ1v) is 6.06. The Morgan fingerprint density at radius 2 is 2.00 bits per heavy atom. The molecular weight excluding hydrogens is 270 g/mol. The van der Waals surface area contributed by atoms with Crippen LogP contribution >= 0.6 is 11.8 Å². The molecular formula is C12H9NO5S. The lowest BCUT2D eigenvalue weighted by atomic mass is 10.2. The molecule has 0 unspecified atom stereocenters. The second kappa shape index (κ2) is 5.15. The van der Waals surface area contributed by atoms with Crippen LogP contribution in [-0.2, 0) is 9.59 Å². The predicted octanol–water partition coefficient (Wildman–Crippen LogP) is 1.51. The van der Waals surface area contributed by atoms with Crippen molar-refractivity contribution in [2.75, 3.05) is 6.54 Å². The Kier molecular flexibility index (Phi) is 3.57. The Morgan fingerprint density at radius 3 is 2.63 bits per heavy atom. The second-order valence-electron chi connectivity index (χ2n) is 3.72. The number of thioether (sulfide) groups is 1. The van der Waals surface area contributed by atoms with E-state index < -0.39 is 23.7 Å². The monoisotopic (exact) mass is 279 g/mol. The smallest absolute Gasteiger partial charge is 0.323 e. The van der Waals surface area contributed by atoms with Crippen molar-refractivity contribution >= 4 is 35.0 Å². The van der Waals surface area contributed by atoms with E-state index in [0.717, 1.165) is 0 Å². The third kappa shape index (κ3) is 2.76. The molecule has 1 saturated heterocycles. The van der Waals surface area contributed by atoms with Gasteiger partial charge in [0.05, 0.1) is 4.91 Å². The summed E-state index contributed by atoms with van der Waals surface area (Å²) >= 11 is 0.651. The van der Waals surface area contributed by atoms with Gasteiger partial charge >= 0.3 is 5.97 Å². The van der Waals surface area contributed by atoms with Crippen LogP contribution in [0, 0.1) is 0 Å². The van der Waals surface area contributed by atoms with Crippen molar-refractivity contribution in [3.8, 4) is 5.75 Å². The van der Waals surface area contributed by atoms with Crippen LogP contribution in [-0.4, -0.2) is 38.8 Å². The van der Waals surface area contributed by atoms with Gasteiger partial charge in [-0.2, -0.15) is 0 Å². The van der Waals surface area contributed by atoms with Crippen LogP contribution in [0.25, 0.3) is 6.08 Å². The Hall–Kier alpha value is -2.28. The maximum Gasteiger partial charge on any atom is 0.323 e. The van der Waals surface area contributed by atoms with Crippen molar-refractivity contribution in [3.63, 3.8) is 0 Å². The average Bonchev–Trinajstić information content (AvgIpc) is 2.60. The average molecular weight is 279 g/mol. The van der Waals surface area contributed by atoms with E-state index in [-0.39, 0.29) is 10.7 Å². The molecule has 0 aliphatic carbocycles. The highest BCUT2D eigenvalue weighted by atomic mass is 32.2. The number of benzene rings is 1. The molecule has 0 bridgehead atoms. The number of rotatable bonds is 3. The van der Waals surface area contributed by atoms with Crippen LogP contribution in [0.3, 0.4) is 0 Å². The van der Waals surface area contributed by atoms with Crippen LogP contribution in [0.15, 0.2) is 29.2 Å².